The minimum Gasteiger partial charge on any atom is -0.356 e. The number of amides is 1. The standard InChI is InChI=1S/C12H24N2O.ClH/c1-3-10(4-2)8-14-12(15)11-6-5-7-13-9-11;/h10-11,13H,3-9H2,1-2H3,(H,14,15);1H. The fourth-order valence-electron chi connectivity index (χ4n) is 2.04. The Morgan fingerprint density at radius 3 is 2.62 bits per heavy atom. The maximum absolute atomic E-state index is 11.8. The van der Waals surface area contributed by atoms with Crippen LogP contribution in [0.25, 0.3) is 0 Å². The molecule has 16 heavy (non-hydrogen) atoms. The summed E-state index contributed by atoms with van der Waals surface area (Å²) in [5, 5.41) is 6.35. The van der Waals surface area contributed by atoms with Gasteiger partial charge in [-0.05, 0) is 25.3 Å². The van der Waals surface area contributed by atoms with Gasteiger partial charge in [0.1, 0.15) is 0 Å². The summed E-state index contributed by atoms with van der Waals surface area (Å²) in [4.78, 5) is 11.8. The predicted octanol–water partition coefficient (Wildman–Crippen LogP) is 1.96. The number of carbonyl (C=O) groups is 1. The Bertz CT molecular complexity index is 189. The summed E-state index contributed by atoms with van der Waals surface area (Å²) in [5.41, 5.74) is 0. The van der Waals surface area contributed by atoms with Crippen LogP contribution in [-0.4, -0.2) is 25.5 Å². The Hall–Kier alpha value is -0.280. The molecule has 0 aliphatic carbocycles. The zero-order valence-corrected chi connectivity index (χ0v) is 11.2. The number of hydrogen-bond donors (Lipinski definition) is 2. The Kier molecular flexibility index (Phi) is 8.67. The van der Waals surface area contributed by atoms with Crippen molar-refractivity contribution in [3.8, 4) is 0 Å². The molecule has 0 radical (unpaired) electrons. The molecule has 3 nitrogen and oxygen atoms in total. The maximum Gasteiger partial charge on any atom is 0.224 e. The van der Waals surface area contributed by atoms with E-state index in [1.165, 1.54) is 0 Å². The summed E-state index contributed by atoms with van der Waals surface area (Å²) in [5.74, 6) is 1.09. The number of piperidine rings is 1. The highest BCUT2D eigenvalue weighted by molar-refractivity contribution is 5.85. The van der Waals surface area contributed by atoms with Crippen LogP contribution in [-0.2, 0) is 4.79 Å². The molecule has 0 spiro atoms. The third-order valence-corrected chi connectivity index (χ3v) is 3.39. The van der Waals surface area contributed by atoms with Gasteiger partial charge in [-0.2, -0.15) is 0 Å². The van der Waals surface area contributed by atoms with Gasteiger partial charge in [0.2, 0.25) is 5.91 Å². The van der Waals surface area contributed by atoms with Crippen molar-refractivity contribution in [3.63, 3.8) is 0 Å². The van der Waals surface area contributed by atoms with E-state index in [4.69, 9.17) is 0 Å². The highest BCUT2D eigenvalue weighted by Gasteiger charge is 2.20. The molecule has 0 bridgehead atoms. The van der Waals surface area contributed by atoms with Crippen molar-refractivity contribution >= 4 is 18.3 Å². The second-order valence-corrected chi connectivity index (χ2v) is 4.47. The van der Waals surface area contributed by atoms with E-state index in [0.717, 1.165) is 45.3 Å². The van der Waals surface area contributed by atoms with Gasteiger partial charge in [-0.15, -0.1) is 12.4 Å². The molecular weight excluding hydrogens is 224 g/mol. The van der Waals surface area contributed by atoms with Gasteiger partial charge in [0.15, 0.2) is 0 Å². The minimum atomic E-state index is 0. The van der Waals surface area contributed by atoms with E-state index in [9.17, 15) is 4.79 Å². The maximum atomic E-state index is 11.8. The summed E-state index contributed by atoms with van der Waals surface area (Å²) >= 11 is 0. The van der Waals surface area contributed by atoms with Crippen LogP contribution in [0.5, 0.6) is 0 Å². The van der Waals surface area contributed by atoms with Gasteiger partial charge in [0.05, 0.1) is 5.92 Å². The van der Waals surface area contributed by atoms with Crippen LogP contribution in [0.4, 0.5) is 0 Å². The zero-order valence-electron chi connectivity index (χ0n) is 10.4. The first-order valence-corrected chi connectivity index (χ1v) is 6.26. The van der Waals surface area contributed by atoms with Gasteiger partial charge in [0.25, 0.3) is 0 Å². The molecule has 1 rings (SSSR count). The largest absolute Gasteiger partial charge is 0.356 e. The smallest absolute Gasteiger partial charge is 0.224 e. The molecule has 4 heteroatoms. The van der Waals surface area contributed by atoms with Gasteiger partial charge in [-0.25, -0.2) is 0 Å². The zero-order chi connectivity index (χ0) is 11.1. The van der Waals surface area contributed by atoms with E-state index in [1.54, 1.807) is 0 Å². The van der Waals surface area contributed by atoms with Gasteiger partial charge < -0.3 is 10.6 Å². The second kappa shape index (κ2) is 8.82. The van der Waals surface area contributed by atoms with Crippen molar-refractivity contribution in [1.29, 1.82) is 0 Å². The van der Waals surface area contributed by atoms with Gasteiger partial charge in [-0.1, -0.05) is 26.7 Å². The predicted molar refractivity (Wildman–Crippen MR) is 69.9 cm³/mol. The van der Waals surface area contributed by atoms with Crippen LogP contribution >= 0.6 is 12.4 Å². The number of halogens is 1. The lowest BCUT2D eigenvalue weighted by Crippen LogP contribution is -2.41. The second-order valence-electron chi connectivity index (χ2n) is 4.47. The SMILES string of the molecule is CCC(CC)CNC(=O)C1CCCNC1.Cl. The Morgan fingerprint density at radius 1 is 1.44 bits per heavy atom. The summed E-state index contributed by atoms with van der Waals surface area (Å²) < 4.78 is 0. The van der Waals surface area contributed by atoms with E-state index < -0.39 is 0 Å². The first-order chi connectivity index (χ1) is 7.27. The highest BCUT2D eigenvalue weighted by atomic mass is 35.5. The van der Waals surface area contributed by atoms with Gasteiger partial charge in [-0.3, -0.25) is 4.79 Å². The van der Waals surface area contributed by atoms with Crippen LogP contribution in [0.2, 0.25) is 0 Å². The molecule has 1 heterocycles. The van der Waals surface area contributed by atoms with Crippen molar-refractivity contribution in [2.75, 3.05) is 19.6 Å². The topological polar surface area (TPSA) is 41.1 Å². The fraction of sp³-hybridized carbons (Fsp3) is 0.917. The molecule has 1 amide bonds. The van der Waals surface area contributed by atoms with Crippen LogP contribution in [0.1, 0.15) is 39.5 Å². The third-order valence-electron chi connectivity index (χ3n) is 3.39. The molecule has 1 saturated heterocycles. The number of carbonyl (C=O) groups excluding carboxylic acids is 1. The summed E-state index contributed by atoms with van der Waals surface area (Å²) in [7, 11) is 0. The molecule has 0 saturated carbocycles. The summed E-state index contributed by atoms with van der Waals surface area (Å²) in [6.07, 6.45) is 4.48. The lowest BCUT2D eigenvalue weighted by Gasteiger charge is -2.23. The average molecular weight is 249 g/mol. The van der Waals surface area contributed by atoms with Crippen molar-refractivity contribution in [2.24, 2.45) is 11.8 Å². The molecule has 2 N–H and O–H groups in total. The molecule has 1 aliphatic rings. The van der Waals surface area contributed by atoms with Crippen LogP contribution in [0, 0.1) is 11.8 Å². The van der Waals surface area contributed by atoms with E-state index in [2.05, 4.69) is 24.5 Å². The molecule has 0 aromatic carbocycles. The van der Waals surface area contributed by atoms with Crippen LogP contribution < -0.4 is 10.6 Å². The first-order valence-electron chi connectivity index (χ1n) is 6.26. The molecular formula is C12H25ClN2O. The van der Waals surface area contributed by atoms with Crippen LogP contribution in [0.15, 0.2) is 0 Å². The normalized spacial score (nSPS) is 20.3. The molecule has 96 valence electrons. The lowest BCUT2D eigenvalue weighted by atomic mass is 9.98. The van der Waals surface area contributed by atoms with Gasteiger partial charge in [0, 0.05) is 13.1 Å². The number of rotatable bonds is 5. The monoisotopic (exact) mass is 248 g/mol. The van der Waals surface area contributed by atoms with E-state index in [-0.39, 0.29) is 24.2 Å². The number of hydrogen-bond acceptors (Lipinski definition) is 2. The van der Waals surface area contributed by atoms with Crippen molar-refractivity contribution < 1.29 is 4.79 Å². The average Bonchev–Trinajstić information content (AvgIpc) is 2.31. The van der Waals surface area contributed by atoms with Crippen molar-refractivity contribution in [2.45, 2.75) is 39.5 Å². The van der Waals surface area contributed by atoms with E-state index in [1.807, 2.05) is 0 Å². The van der Waals surface area contributed by atoms with E-state index >= 15 is 0 Å². The summed E-state index contributed by atoms with van der Waals surface area (Å²) in [6, 6.07) is 0. The molecule has 0 aromatic heterocycles. The fourth-order valence-corrected chi connectivity index (χ4v) is 2.04. The van der Waals surface area contributed by atoms with E-state index in [0.29, 0.717) is 5.92 Å². The molecule has 1 fully saturated rings. The van der Waals surface area contributed by atoms with Crippen LogP contribution in [0.3, 0.4) is 0 Å². The molecule has 1 aliphatic heterocycles. The summed E-state index contributed by atoms with van der Waals surface area (Å²) in [6.45, 7) is 7.14. The molecule has 1 atom stereocenters. The Balaban J connectivity index is 0.00000225. The lowest BCUT2D eigenvalue weighted by molar-refractivity contribution is -0.125. The van der Waals surface area contributed by atoms with Crippen molar-refractivity contribution in [1.82, 2.24) is 10.6 Å². The molecule has 1 unspecified atom stereocenters. The van der Waals surface area contributed by atoms with Crippen molar-refractivity contribution in [3.05, 3.63) is 0 Å². The molecule has 0 aromatic rings. The quantitative estimate of drug-likeness (QED) is 0.781. The highest BCUT2D eigenvalue weighted by Crippen LogP contribution is 2.11. The first kappa shape index (κ1) is 15.7. The van der Waals surface area contributed by atoms with Gasteiger partial charge >= 0.3 is 0 Å². The Labute approximate surface area is 105 Å². The minimum absolute atomic E-state index is 0. The number of nitrogens with one attached hydrogen (secondary N) is 2. The third kappa shape index (κ3) is 5.17. The Morgan fingerprint density at radius 2 is 2.12 bits per heavy atom.